The van der Waals surface area contributed by atoms with Gasteiger partial charge in [0, 0.05) is 62.2 Å². The number of hydrogen-bond acceptors (Lipinski definition) is 6. The number of nitrogens with one attached hydrogen (secondary N) is 1. The lowest BCUT2D eigenvalue weighted by Crippen LogP contribution is -2.50. The number of methoxy groups -OCH3 is 1. The standard InChI is InChI=1S/C27H37N5O3/c1-20(2)32(21(3)4)16-17-35-26-18-23(8-11-25(26)34-5)29-27(33)31-14-12-30(13-15-31)24-9-6-22(19-28)7-10-24/h6-11,18,20-21H,12-17H2,1-5H3,(H,29,33). The number of ether oxygens (including phenoxy) is 2. The number of benzene rings is 2. The van der Waals surface area contributed by atoms with Gasteiger partial charge in [0.2, 0.25) is 0 Å². The van der Waals surface area contributed by atoms with E-state index in [0.29, 0.717) is 54.5 Å². The molecule has 35 heavy (non-hydrogen) atoms. The van der Waals surface area contributed by atoms with Crippen LogP contribution in [-0.4, -0.2) is 74.4 Å². The Morgan fingerprint density at radius 2 is 1.69 bits per heavy atom. The van der Waals surface area contributed by atoms with Crippen molar-refractivity contribution in [3.05, 3.63) is 48.0 Å². The molecule has 2 amide bonds. The average molecular weight is 480 g/mol. The summed E-state index contributed by atoms with van der Waals surface area (Å²) in [6, 6.07) is 15.9. The van der Waals surface area contributed by atoms with Crippen LogP contribution in [0.2, 0.25) is 0 Å². The van der Waals surface area contributed by atoms with Crippen molar-refractivity contribution in [3.8, 4) is 17.6 Å². The van der Waals surface area contributed by atoms with E-state index in [-0.39, 0.29) is 6.03 Å². The number of urea groups is 1. The molecule has 0 aromatic heterocycles. The smallest absolute Gasteiger partial charge is 0.321 e. The lowest BCUT2D eigenvalue weighted by molar-refractivity contribution is 0.140. The van der Waals surface area contributed by atoms with Crippen LogP contribution in [0.5, 0.6) is 11.5 Å². The topological polar surface area (TPSA) is 81.1 Å². The zero-order valence-corrected chi connectivity index (χ0v) is 21.5. The highest BCUT2D eigenvalue weighted by atomic mass is 16.5. The number of amides is 2. The second kappa shape index (κ2) is 12.3. The molecule has 0 bridgehead atoms. The number of hydrogen-bond donors (Lipinski definition) is 1. The summed E-state index contributed by atoms with van der Waals surface area (Å²) in [6.45, 7) is 12.8. The highest BCUT2D eigenvalue weighted by Crippen LogP contribution is 2.30. The van der Waals surface area contributed by atoms with E-state index in [0.717, 1.165) is 25.3 Å². The summed E-state index contributed by atoms with van der Waals surface area (Å²) < 4.78 is 11.5. The van der Waals surface area contributed by atoms with Crippen molar-refractivity contribution in [2.75, 3.05) is 56.7 Å². The fraction of sp³-hybridized carbons (Fsp3) is 0.481. The van der Waals surface area contributed by atoms with Gasteiger partial charge in [0.25, 0.3) is 0 Å². The van der Waals surface area contributed by atoms with Gasteiger partial charge in [-0.1, -0.05) is 0 Å². The Morgan fingerprint density at radius 1 is 1.03 bits per heavy atom. The van der Waals surface area contributed by atoms with Crippen LogP contribution in [0.4, 0.5) is 16.2 Å². The lowest BCUT2D eigenvalue weighted by Gasteiger charge is -2.36. The Hall–Kier alpha value is -3.44. The maximum absolute atomic E-state index is 12.9. The van der Waals surface area contributed by atoms with E-state index in [9.17, 15) is 4.79 Å². The van der Waals surface area contributed by atoms with Crippen molar-refractivity contribution in [1.29, 1.82) is 5.26 Å². The third kappa shape index (κ3) is 7.03. The van der Waals surface area contributed by atoms with E-state index in [1.165, 1.54) is 0 Å². The molecule has 8 heteroatoms. The quantitative estimate of drug-likeness (QED) is 0.574. The van der Waals surface area contributed by atoms with Gasteiger partial charge in [-0.05, 0) is 64.1 Å². The Morgan fingerprint density at radius 3 is 2.26 bits per heavy atom. The van der Waals surface area contributed by atoms with Crippen molar-refractivity contribution in [3.63, 3.8) is 0 Å². The molecule has 1 heterocycles. The summed E-state index contributed by atoms with van der Waals surface area (Å²) in [5.74, 6) is 1.25. The molecule has 0 radical (unpaired) electrons. The van der Waals surface area contributed by atoms with Crippen molar-refractivity contribution in [2.45, 2.75) is 39.8 Å². The minimum atomic E-state index is -0.133. The molecular formula is C27H37N5O3. The zero-order valence-electron chi connectivity index (χ0n) is 21.5. The molecule has 8 nitrogen and oxygen atoms in total. The Labute approximate surface area is 209 Å². The van der Waals surface area contributed by atoms with Gasteiger partial charge in [-0.25, -0.2) is 4.79 Å². The number of piperazine rings is 1. The molecule has 188 valence electrons. The predicted octanol–water partition coefficient (Wildman–Crippen LogP) is 4.42. The largest absolute Gasteiger partial charge is 0.493 e. The number of carbonyl (C=O) groups is 1. The van der Waals surface area contributed by atoms with Gasteiger partial charge < -0.3 is 24.6 Å². The Kier molecular flexibility index (Phi) is 9.21. The fourth-order valence-electron chi connectivity index (χ4n) is 4.36. The van der Waals surface area contributed by atoms with Gasteiger partial charge in [0.05, 0.1) is 18.7 Å². The molecule has 0 saturated carbocycles. The molecule has 0 unspecified atom stereocenters. The monoisotopic (exact) mass is 479 g/mol. The van der Waals surface area contributed by atoms with Gasteiger partial charge in [0.1, 0.15) is 6.61 Å². The van der Waals surface area contributed by atoms with Crippen LogP contribution in [0.15, 0.2) is 42.5 Å². The van der Waals surface area contributed by atoms with Gasteiger partial charge in [-0.15, -0.1) is 0 Å². The van der Waals surface area contributed by atoms with Crippen molar-refractivity contribution in [2.24, 2.45) is 0 Å². The third-order valence-corrected chi connectivity index (χ3v) is 6.28. The first-order chi connectivity index (χ1) is 16.8. The molecule has 2 aromatic rings. The summed E-state index contributed by atoms with van der Waals surface area (Å²) >= 11 is 0. The summed E-state index contributed by atoms with van der Waals surface area (Å²) in [5.41, 5.74) is 2.38. The Bertz CT molecular complexity index is 1000. The summed E-state index contributed by atoms with van der Waals surface area (Å²) in [6.07, 6.45) is 0. The SMILES string of the molecule is COc1ccc(NC(=O)N2CCN(c3ccc(C#N)cc3)CC2)cc1OCCN(C(C)C)C(C)C. The molecule has 3 rings (SSSR count). The average Bonchev–Trinajstić information content (AvgIpc) is 2.86. The first-order valence-electron chi connectivity index (χ1n) is 12.2. The molecule has 1 saturated heterocycles. The van der Waals surface area contributed by atoms with Crippen LogP contribution in [-0.2, 0) is 0 Å². The van der Waals surface area contributed by atoms with Crippen molar-refractivity contribution in [1.82, 2.24) is 9.80 Å². The number of carbonyl (C=O) groups excluding carboxylic acids is 1. The van der Waals surface area contributed by atoms with Crippen LogP contribution in [0, 0.1) is 11.3 Å². The minimum Gasteiger partial charge on any atom is -0.493 e. The molecule has 2 aromatic carbocycles. The van der Waals surface area contributed by atoms with E-state index in [2.05, 4.69) is 48.9 Å². The lowest BCUT2D eigenvalue weighted by atomic mass is 10.2. The second-order valence-corrected chi connectivity index (χ2v) is 9.20. The van der Waals surface area contributed by atoms with Crippen LogP contribution in [0.1, 0.15) is 33.3 Å². The van der Waals surface area contributed by atoms with Crippen molar-refractivity contribution < 1.29 is 14.3 Å². The molecule has 1 fully saturated rings. The van der Waals surface area contributed by atoms with Gasteiger partial charge in [0.15, 0.2) is 11.5 Å². The molecule has 0 atom stereocenters. The molecular weight excluding hydrogens is 442 g/mol. The molecule has 1 aliphatic rings. The minimum absolute atomic E-state index is 0.133. The molecule has 1 aliphatic heterocycles. The number of nitrogens with zero attached hydrogens (tertiary/aromatic N) is 4. The highest BCUT2D eigenvalue weighted by molar-refractivity contribution is 5.90. The summed E-state index contributed by atoms with van der Waals surface area (Å²) in [4.78, 5) is 19.3. The van der Waals surface area contributed by atoms with Crippen LogP contribution in [0.25, 0.3) is 0 Å². The van der Waals surface area contributed by atoms with Gasteiger partial charge >= 0.3 is 6.03 Å². The highest BCUT2D eigenvalue weighted by Gasteiger charge is 2.22. The van der Waals surface area contributed by atoms with Gasteiger partial charge in [-0.2, -0.15) is 5.26 Å². The molecule has 0 spiro atoms. The fourth-order valence-corrected chi connectivity index (χ4v) is 4.36. The van der Waals surface area contributed by atoms with Crippen molar-refractivity contribution >= 4 is 17.4 Å². The summed E-state index contributed by atoms with van der Waals surface area (Å²) in [5, 5.41) is 12.0. The zero-order chi connectivity index (χ0) is 25.4. The molecule has 1 N–H and O–H groups in total. The van der Waals surface area contributed by atoms with E-state index in [4.69, 9.17) is 14.7 Å². The number of anilines is 2. The molecule has 0 aliphatic carbocycles. The van der Waals surface area contributed by atoms with Crippen LogP contribution in [0.3, 0.4) is 0 Å². The first kappa shape index (κ1) is 26.2. The third-order valence-electron chi connectivity index (χ3n) is 6.28. The number of nitriles is 1. The maximum Gasteiger partial charge on any atom is 0.321 e. The van der Waals surface area contributed by atoms with E-state index < -0.39 is 0 Å². The van der Waals surface area contributed by atoms with Crippen LogP contribution < -0.4 is 19.7 Å². The Balaban J connectivity index is 1.55. The van der Waals surface area contributed by atoms with Crippen LogP contribution >= 0.6 is 0 Å². The summed E-state index contributed by atoms with van der Waals surface area (Å²) in [7, 11) is 1.61. The van der Waals surface area contributed by atoms with E-state index >= 15 is 0 Å². The van der Waals surface area contributed by atoms with Gasteiger partial charge in [-0.3, -0.25) is 4.90 Å². The predicted molar refractivity (Wildman–Crippen MR) is 139 cm³/mol. The van der Waals surface area contributed by atoms with E-state index in [1.807, 2.05) is 47.4 Å². The number of rotatable bonds is 9. The second-order valence-electron chi connectivity index (χ2n) is 9.20. The maximum atomic E-state index is 12.9. The van der Waals surface area contributed by atoms with E-state index in [1.54, 1.807) is 7.11 Å². The normalized spacial score (nSPS) is 13.8. The first-order valence-corrected chi connectivity index (χ1v) is 12.2.